The predicted molar refractivity (Wildman–Crippen MR) is 71.9 cm³/mol. The molecule has 0 aliphatic rings. The number of hydrogen-bond donors (Lipinski definition) is 3. The first-order chi connectivity index (χ1) is 8.52. The third-order valence-electron chi connectivity index (χ3n) is 3.23. The number of nitrogens with zero attached hydrogens (tertiary/aromatic N) is 3. The molecule has 2 rings (SSSR count). The van der Waals surface area contributed by atoms with Crippen LogP contribution in [0.2, 0.25) is 0 Å². The summed E-state index contributed by atoms with van der Waals surface area (Å²) in [7, 11) is 0. The molecule has 2 aromatic rings. The quantitative estimate of drug-likeness (QED) is 0.738. The molecular formula is C12H20N6. The molecule has 0 bridgehead atoms. The van der Waals surface area contributed by atoms with Crippen LogP contribution in [0.5, 0.6) is 0 Å². The minimum absolute atomic E-state index is 0.227. The van der Waals surface area contributed by atoms with Crippen LogP contribution in [0.3, 0.4) is 0 Å². The number of fused-ring (bicyclic) bond motifs is 1. The molecular weight excluding hydrogens is 228 g/mol. The van der Waals surface area contributed by atoms with Crippen molar-refractivity contribution < 1.29 is 0 Å². The first-order valence-electron chi connectivity index (χ1n) is 6.17. The molecule has 0 fully saturated rings. The lowest BCUT2D eigenvalue weighted by Crippen LogP contribution is -2.18. The van der Waals surface area contributed by atoms with Crippen LogP contribution in [-0.2, 0) is 6.42 Å². The van der Waals surface area contributed by atoms with Crippen LogP contribution in [0.15, 0.2) is 6.33 Å². The number of aromatic amines is 1. The van der Waals surface area contributed by atoms with Crippen molar-refractivity contribution in [3.8, 4) is 0 Å². The Balaban J connectivity index is 2.11. The van der Waals surface area contributed by atoms with Gasteiger partial charge in [0.05, 0.1) is 0 Å². The summed E-state index contributed by atoms with van der Waals surface area (Å²) >= 11 is 0. The number of hydrogen-bond acceptors (Lipinski definition) is 5. The van der Waals surface area contributed by atoms with E-state index >= 15 is 0 Å². The molecule has 0 radical (unpaired) electrons. The Hall–Kier alpha value is -1.69. The average molecular weight is 248 g/mol. The Kier molecular flexibility index (Phi) is 3.47. The van der Waals surface area contributed by atoms with Crippen molar-refractivity contribution in [2.75, 3.05) is 12.3 Å². The lowest BCUT2D eigenvalue weighted by Gasteiger charge is -2.22. The Bertz CT molecular complexity index is 530. The number of aromatic nitrogens is 4. The van der Waals surface area contributed by atoms with Crippen LogP contribution < -0.4 is 11.5 Å². The molecule has 2 aromatic heterocycles. The van der Waals surface area contributed by atoms with E-state index in [2.05, 4.69) is 33.8 Å². The number of nitrogens with one attached hydrogen (secondary N) is 1. The molecule has 6 nitrogen and oxygen atoms in total. The van der Waals surface area contributed by atoms with Crippen LogP contribution in [0.1, 0.15) is 32.5 Å². The van der Waals surface area contributed by atoms with Gasteiger partial charge in [-0.3, -0.25) is 0 Å². The molecule has 0 atom stereocenters. The van der Waals surface area contributed by atoms with Crippen molar-refractivity contribution in [1.82, 2.24) is 19.9 Å². The summed E-state index contributed by atoms with van der Waals surface area (Å²) in [5.41, 5.74) is 13.0. The van der Waals surface area contributed by atoms with Gasteiger partial charge in [0.15, 0.2) is 11.5 Å². The molecule has 0 saturated carbocycles. The zero-order valence-corrected chi connectivity index (χ0v) is 10.9. The van der Waals surface area contributed by atoms with Crippen molar-refractivity contribution in [3.63, 3.8) is 0 Å². The maximum atomic E-state index is 5.76. The maximum Gasteiger partial charge on any atom is 0.183 e. The number of anilines is 1. The van der Waals surface area contributed by atoms with Gasteiger partial charge in [-0.2, -0.15) is 0 Å². The lowest BCUT2D eigenvalue weighted by atomic mass is 9.84. The van der Waals surface area contributed by atoms with E-state index in [0.717, 1.165) is 30.6 Å². The zero-order valence-electron chi connectivity index (χ0n) is 10.9. The van der Waals surface area contributed by atoms with Crippen molar-refractivity contribution in [2.45, 2.75) is 33.1 Å². The summed E-state index contributed by atoms with van der Waals surface area (Å²) in [6, 6.07) is 0. The van der Waals surface area contributed by atoms with Crippen molar-refractivity contribution in [1.29, 1.82) is 0 Å². The molecule has 0 amide bonds. The van der Waals surface area contributed by atoms with Crippen molar-refractivity contribution >= 4 is 17.0 Å². The van der Waals surface area contributed by atoms with Gasteiger partial charge < -0.3 is 16.5 Å². The Morgan fingerprint density at radius 3 is 2.72 bits per heavy atom. The van der Waals surface area contributed by atoms with Crippen LogP contribution in [0, 0.1) is 5.41 Å². The summed E-state index contributed by atoms with van der Waals surface area (Å²) < 4.78 is 0. The minimum Gasteiger partial charge on any atom is -0.382 e. The fourth-order valence-corrected chi connectivity index (χ4v) is 1.99. The fraction of sp³-hybridized carbons (Fsp3) is 0.583. The molecule has 0 aromatic carbocycles. The van der Waals surface area contributed by atoms with E-state index in [1.807, 2.05) is 0 Å². The van der Waals surface area contributed by atoms with E-state index in [9.17, 15) is 0 Å². The van der Waals surface area contributed by atoms with Crippen molar-refractivity contribution in [3.05, 3.63) is 12.2 Å². The van der Waals surface area contributed by atoms with Gasteiger partial charge in [-0.1, -0.05) is 13.8 Å². The molecule has 18 heavy (non-hydrogen) atoms. The third-order valence-corrected chi connectivity index (χ3v) is 3.23. The van der Waals surface area contributed by atoms with Crippen molar-refractivity contribution in [2.24, 2.45) is 11.1 Å². The largest absolute Gasteiger partial charge is 0.382 e. The summed E-state index contributed by atoms with van der Waals surface area (Å²) in [6.45, 7) is 5.15. The molecule has 0 saturated heterocycles. The molecule has 0 aliphatic heterocycles. The average Bonchev–Trinajstić information content (AvgIpc) is 2.71. The Labute approximate surface area is 106 Å². The number of rotatable bonds is 5. The summed E-state index contributed by atoms with van der Waals surface area (Å²) in [5, 5.41) is 0. The topological polar surface area (TPSA) is 106 Å². The fourth-order valence-electron chi connectivity index (χ4n) is 1.99. The van der Waals surface area contributed by atoms with Crippen LogP contribution in [0.4, 0.5) is 5.82 Å². The van der Waals surface area contributed by atoms with E-state index < -0.39 is 0 Å². The maximum absolute atomic E-state index is 5.76. The second-order valence-corrected chi connectivity index (χ2v) is 5.34. The minimum atomic E-state index is 0.227. The highest BCUT2D eigenvalue weighted by atomic mass is 15.0. The third kappa shape index (κ3) is 2.76. The van der Waals surface area contributed by atoms with E-state index in [1.54, 1.807) is 0 Å². The Morgan fingerprint density at radius 2 is 2.06 bits per heavy atom. The van der Waals surface area contributed by atoms with Gasteiger partial charge in [0.1, 0.15) is 17.7 Å². The SMILES string of the molecule is CC(C)(CCN)CCc1nc2ncnc(N)c2[nH]1. The second-order valence-electron chi connectivity index (χ2n) is 5.34. The Morgan fingerprint density at radius 1 is 1.28 bits per heavy atom. The van der Waals surface area contributed by atoms with Gasteiger partial charge in [0.25, 0.3) is 0 Å². The van der Waals surface area contributed by atoms with E-state index in [4.69, 9.17) is 11.5 Å². The molecule has 2 heterocycles. The zero-order chi connectivity index (χ0) is 13.2. The van der Waals surface area contributed by atoms with Gasteiger partial charge in [-0.05, 0) is 24.8 Å². The van der Waals surface area contributed by atoms with Gasteiger partial charge in [-0.25, -0.2) is 15.0 Å². The highest BCUT2D eigenvalue weighted by Crippen LogP contribution is 2.26. The van der Waals surface area contributed by atoms with E-state index in [-0.39, 0.29) is 5.41 Å². The van der Waals surface area contributed by atoms with Gasteiger partial charge in [0.2, 0.25) is 0 Å². The smallest absolute Gasteiger partial charge is 0.183 e. The molecule has 98 valence electrons. The molecule has 0 spiro atoms. The first-order valence-corrected chi connectivity index (χ1v) is 6.17. The van der Waals surface area contributed by atoms with E-state index in [1.165, 1.54) is 6.33 Å². The monoisotopic (exact) mass is 248 g/mol. The molecule has 0 unspecified atom stereocenters. The highest BCUT2D eigenvalue weighted by Gasteiger charge is 2.18. The molecule has 0 aliphatic carbocycles. The normalized spacial score (nSPS) is 12.2. The van der Waals surface area contributed by atoms with Crippen LogP contribution in [0.25, 0.3) is 11.2 Å². The standard InChI is InChI=1S/C12H20N6/c1-12(2,5-6-13)4-3-8-17-9-10(14)15-7-16-11(9)18-8/h7H,3-6,13H2,1-2H3,(H3,14,15,16,17,18). The highest BCUT2D eigenvalue weighted by molar-refractivity contribution is 5.80. The van der Waals surface area contributed by atoms with Crippen LogP contribution in [-0.4, -0.2) is 26.5 Å². The number of nitrogen functional groups attached to an aromatic ring is 1. The summed E-state index contributed by atoms with van der Waals surface area (Å²) in [4.78, 5) is 15.6. The van der Waals surface area contributed by atoms with Gasteiger partial charge in [-0.15, -0.1) is 0 Å². The number of imidazole rings is 1. The molecule has 5 N–H and O–H groups in total. The van der Waals surface area contributed by atoms with Gasteiger partial charge in [0, 0.05) is 6.42 Å². The summed E-state index contributed by atoms with van der Waals surface area (Å²) in [6.07, 6.45) is 4.33. The molecule has 6 heteroatoms. The second kappa shape index (κ2) is 4.89. The van der Waals surface area contributed by atoms with E-state index in [0.29, 0.717) is 18.0 Å². The number of H-pyrrole nitrogens is 1. The predicted octanol–water partition coefficient (Wildman–Crippen LogP) is 1.24. The van der Waals surface area contributed by atoms with Gasteiger partial charge >= 0.3 is 0 Å². The first kappa shape index (κ1) is 12.8. The lowest BCUT2D eigenvalue weighted by molar-refractivity contribution is 0.311. The number of aryl methyl sites for hydroxylation is 1. The number of nitrogens with two attached hydrogens (primary N) is 2. The van der Waals surface area contributed by atoms with Crippen LogP contribution >= 0.6 is 0 Å². The summed E-state index contributed by atoms with van der Waals surface area (Å²) in [5.74, 6) is 1.35.